The molecule has 0 radical (unpaired) electrons. The second-order valence-corrected chi connectivity index (χ2v) is 7.48. The van der Waals surface area contributed by atoms with Gasteiger partial charge in [-0.15, -0.1) is 0 Å². The van der Waals surface area contributed by atoms with E-state index >= 15 is 0 Å². The predicted octanol–water partition coefficient (Wildman–Crippen LogP) is 1.10. The van der Waals surface area contributed by atoms with Gasteiger partial charge in [0, 0.05) is 13.0 Å². The van der Waals surface area contributed by atoms with Crippen LogP contribution in [-0.2, 0) is 19.6 Å². The van der Waals surface area contributed by atoms with Crippen LogP contribution in [0.4, 0.5) is 0 Å². The third-order valence-corrected chi connectivity index (χ3v) is 6.01. The van der Waals surface area contributed by atoms with Crippen LogP contribution < -0.4 is 10.0 Å². The molecule has 0 aliphatic rings. The largest absolute Gasteiger partial charge is 0.480 e. The third kappa shape index (κ3) is 4.55. The fourth-order valence-corrected chi connectivity index (χ4v) is 4.13. The Morgan fingerprint density at radius 2 is 1.38 bits per heavy atom. The highest BCUT2D eigenvalue weighted by Gasteiger charge is 2.23. The first-order valence-corrected chi connectivity index (χ1v) is 9.02. The maximum Gasteiger partial charge on any atom is 0.322 e. The summed E-state index contributed by atoms with van der Waals surface area (Å²) < 4.78 is 27.6. The van der Waals surface area contributed by atoms with E-state index in [-0.39, 0.29) is 17.9 Å². The van der Waals surface area contributed by atoms with Crippen LogP contribution in [-0.4, -0.2) is 38.5 Å². The minimum atomic E-state index is -3.76. The van der Waals surface area contributed by atoms with Crippen LogP contribution in [0.2, 0.25) is 0 Å². The van der Waals surface area contributed by atoms with Crippen molar-refractivity contribution in [3.05, 3.63) is 27.8 Å². The molecule has 0 aliphatic heterocycles. The van der Waals surface area contributed by atoms with Gasteiger partial charge in [0.05, 0.1) is 4.90 Å². The number of nitrogens with one attached hydrogen (secondary N) is 2. The zero-order valence-electron chi connectivity index (χ0n) is 14.6. The normalized spacial score (nSPS) is 11.4. The van der Waals surface area contributed by atoms with Gasteiger partial charge in [-0.2, -0.15) is 0 Å². The van der Waals surface area contributed by atoms with Crippen LogP contribution in [0, 0.1) is 34.6 Å². The van der Waals surface area contributed by atoms with E-state index in [1.165, 1.54) is 0 Å². The third-order valence-electron chi connectivity index (χ3n) is 4.28. The van der Waals surface area contributed by atoms with Gasteiger partial charge in [0.1, 0.15) is 6.54 Å². The molecule has 0 aliphatic carbocycles. The molecule has 0 fully saturated rings. The fraction of sp³-hybridized carbons (Fsp3) is 0.500. The van der Waals surface area contributed by atoms with Crippen LogP contribution in [0.1, 0.15) is 34.2 Å². The van der Waals surface area contributed by atoms with Gasteiger partial charge in [-0.05, 0) is 62.4 Å². The number of benzene rings is 1. The minimum absolute atomic E-state index is 0.0986. The quantitative estimate of drug-likeness (QED) is 0.677. The van der Waals surface area contributed by atoms with Crippen molar-refractivity contribution < 1.29 is 23.1 Å². The van der Waals surface area contributed by atoms with E-state index in [2.05, 4.69) is 10.0 Å². The van der Waals surface area contributed by atoms with Gasteiger partial charge < -0.3 is 10.4 Å². The highest BCUT2D eigenvalue weighted by Crippen LogP contribution is 2.29. The lowest BCUT2D eigenvalue weighted by Gasteiger charge is -2.19. The number of aliphatic carboxylic acids is 1. The lowest BCUT2D eigenvalue weighted by molar-refractivity contribution is -0.137. The van der Waals surface area contributed by atoms with Crippen molar-refractivity contribution in [1.29, 1.82) is 0 Å². The number of hydrogen-bond donors (Lipinski definition) is 3. The highest BCUT2D eigenvalue weighted by molar-refractivity contribution is 7.89. The molecule has 1 aromatic rings. The van der Waals surface area contributed by atoms with Crippen molar-refractivity contribution in [3.63, 3.8) is 0 Å². The van der Waals surface area contributed by atoms with E-state index in [1.807, 2.05) is 20.8 Å². The van der Waals surface area contributed by atoms with Crippen molar-refractivity contribution in [2.24, 2.45) is 0 Å². The molecule has 0 atom stereocenters. The number of hydrogen-bond acceptors (Lipinski definition) is 4. The van der Waals surface area contributed by atoms with Crippen LogP contribution in [0.3, 0.4) is 0 Å². The van der Waals surface area contributed by atoms with Crippen LogP contribution in [0.25, 0.3) is 0 Å². The molecule has 0 spiro atoms. The van der Waals surface area contributed by atoms with Crippen LogP contribution >= 0.6 is 0 Å². The van der Waals surface area contributed by atoms with E-state index in [9.17, 15) is 18.0 Å². The number of rotatable bonds is 7. The topological polar surface area (TPSA) is 113 Å². The van der Waals surface area contributed by atoms with E-state index in [0.717, 1.165) is 16.7 Å². The first-order chi connectivity index (χ1) is 11.0. The summed E-state index contributed by atoms with van der Waals surface area (Å²) in [4.78, 5) is 22.1. The molecule has 0 bridgehead atoms. The molecule has 3 N–H and O–H groups in total. The lowest BCUT2D eigenvalue weighted by Crippen LogP contribution is -2.33. The van der Waals surface area contributed by atoms with Crippen molar-refractivity contribution in [3.8, 4) is 0 Å². The molecule has 8 heteroatoms. The average Bonchev–Trinajstić information content (AvgIpc) is 2.48. The average molecular weight is 356 g/mol. The monoisotopic (exact) mass is 356 g/mol. The number of carbonyl (C=O) groups is 2. The molecular formula is C16H24N2O5S. The van der Waals surface area contributed by atoms with Crippen molar-refractivity contribution in [1.82, 2.24) is 10.0 Å². The van der Waals surface area contributed by atoms with Crippen LogP contribution in [0.5, 0.6) is 0 Å². The summed E-state index contributed by atoms with van der Waals surface area (Å²) >= 11 is 0. The first kappa shape index (κ1) is 20.1. The molecule has 0 aromatic heterocycles. The lowest BCUT2D eigenvalue weighted by atomic mass is 9.95. The second-order valence-electron chi connectivity index (χ2n) is 5.77. The summed E-state index contributed by atoms with van der Waals surface area (Å²) in [6, 6.07) is 0. The first-order valence-electron chi connectivity index (χ1n) is 7.54. The number of carbonyl (C=O) groups excluding carboxylic acids is 1. The summed E-state index contributed by atoms with van der Waals surface area (Å²) in [6.07, 6.45) is -0.131. The Bertz CT molecular complexity index is 740. The summed E-state index contributed by atoms with van der Waals surface area (Å²) in [7, 11) is -3.76. The van der Waals surface area contributed by atoms with Gasteiger partial charge in [-0.25, -0.2) is 13.1 Å². The zero-order valence-corrected chi connectivity index (χ0v) is 15.4. The Balaban J connectivity index is 2.91. The number of sulfonamides is 1. The van der Waals surface area contributed by atoms with Gasteiger partial charge in [0.2, 0.25) is 15.9 Å². The summed E-state index contributed by atoms with van der Waals surface area (Å²) in [5.41, 5.74) is 4.31. The molecule has 1 aromatic carbocycles. The molecule has 0 saturated heterocycles. The molecule has 24 heavy (non-hydrogen) atoms. The summed E-state index contributed by atoms with van der Waals surface area (Å²) in [6.45, 7) is 8.68. The van der Waals surface area contributed by atoms with Gasteiger partial charge in [0.15, 0.2) is 0 Å². The fourth-order valence-electron chi connectivity index (χ4n) is 2.50. The highest BCUT2D eigenvalue weighted by atomic mass is 32.2. The maximum absolute atomic E-state index is 12.6. The van der Waals surface area contributed by atoms with E-state index in [1.54, 1.807) is 13.8 Å². The molecular weight excluding hydrogens is 332 g/mol. The number of carboxylic acids is 1. The van der Waals surface area contributed by atoms with Crippen molar-refractivity contribution >= 4 is 21.9 Å². The number of carboxylic acid groups (broad SMARTS) is 1. The molecule has 1 rings (SSSR count). The Morgan fingerprint density at radius 3 is 1.83 bits per heavy atom. The van der Waals surface area contributed by atoms with E-state index in [4.69, 9.17) is 5.11 Å². The van der Waals surface area contributed by atoms with E-state index < -0.39 is 28.4 Å². The Kier molecular flexibility index (Phi) is 6.50. The Morgan fingerprint density at radius 1 is 0.917 bits per heavy atom. The molecule has 134 valence electrons. The van der Waals surface area contributed by atoms with Gasteiger partial charge in [-0.3, -0.25) is 9.59 Å². The molecule has 0 unspecified atom stereocenters. The van der Waals surface area contributed by atoms with Gasteiger partial charge >= 0.3 is 5.97 Å². The molecule has 7 nitrogen and oxygen atoms in total. The van der Waals surface area contributed by atoms with Crippen molar-refractivity contribution in [2.45, 2.75) is 45.9 Å². The van der Waals surface area contributed by atoms with Crippen LogP contribution in [0.15, 0.2) is 4.90 Å². The number of amides is 1. The predicted molar refractivity (Wildman–Crippen MR) is 90.6 cm³/mol. The zero-order chi connectivity index (χ0) is 18.7. The SMILES string of the molecule is Cc1c(C)c(C)c(S(=O)(=O)NCCC(=O)NCC(=O)O)c(C)c1C. The van der Waals surface area contributed by atoms with Gasteiger partial charge in [-0.1, -0.05) is 0 Å². The minimum Gasteiger partial charge on any atom is -0.480 e. The standard InChI is InChI=1S/C16H24N2O5S/c1-9-10(2)12(4)16(13(5)11(9)3)24(22,23)18-7-6-14(19)17-8-15(20)21/h18H,6-8H2,1-5H3,(H,17,19)(H,20,21). The second kappa shape index (κ2) is 7.76. The molecule has 0 heterocycles. The van der Waals surface area contributed by atoms with Gasteiger partial charge in [0.25, 0.3) is 0 Å². The maximum atomic E-state index is 12.6. The Labute approximate surface area is 142 Å². The Hall–Kier alpha value is -1.93. The molecule has 1 amide bonds. The summed E-state index contributed by atoms with van der Waals surface area (Å²) in [5, 5.41) is 10.7. The van der Waals surface area contributed by atoms with Crippen molar-refractivity contribution in [2.75, 3.05) is 13.1 Å². The molecule has 0 saturated carbocycles. The smallest absolute Gasteiger partial charge is 0.322 e. The van der Waals surface area contributed by atoms with E-state index in [0.29, 0.717) is 11.1 Å². The summed E-state index contributed by atoms with van der Waals surface area (Å²) in [5.74, 6) is -1.68.